The Balaban J connectivity index is 1.64. The highest BCUT2D eigenvalue weighted by Crippen LogP contribution is 2.38. The first-order valence-electron chi connectivity index (χ1n) is 14.2. The van der Waals surface area contributed by atoms with Crippen LogP contribution in [0.15, 0.2) is 53.3 Å². The fourth-order valence-electron chi connectivity index (χ4n) is 5.41. The van der Waals surface area contributed by atoms with Gasteiger partial charge in [0, 0.05) is 18.6 Å². The number of hydrogen-bond acceptors (Lipinski definition) is 6. The summed E-state index contributed by atoms with van der Waals surface area (Å²) in [6.07, 6.45) is -2.49. The minimum absolute atomic E-state index is 0.0745. The number of nitrogens with two attached hydrogens (primary N) is 1. The van der Waals surface area contributed by atoms with Crippen molar-refractivity contribution >= 4 is 49.2 Å². The van der Waals surface area contributed by atoms with Gasteiger partial charge in [0.25, 0.3) is 17.9 Å². The van der Waals surface area contributed by atoms with E-state index >= 15 is 0 Å². The number of hydrogen-bond donors (Lipinski definition) is 2. The van der Waals surface area contributed by atoms with E-state index in [1.54, 1.807) is 0 Å². The lowest BCUT2D eigenvalue weighted by molar-refractivity contribution is 0.0176. The Morgan fingerprint density at radius 1 is 1.09 bits per heavy atom. The van der Waals surface area contributed by atoms with Gasteiger partial charge in [0.1, 0.15) is 24.0 Å². The maximum Gasteiger partial charge on any atom is 0.270 e. The van der Waals surface area contributed by atoms with Crippen LogP contribution in [0.4, 0.5) is 32.2 Å². The van der Waals surface area contributed by atoms with Crippen molar-refractivity contribution in [1.82, 2.24) is 19.3 Å². The first-order chi connectivity index (χ1) is 22.0. The third kappa shape index (κ3) is 6.41. The molecule has 1 aliphatic carbocycles. The van der Waals surface area contributed by atoms with Crippen molar-refractivity contribution < 1.29 is 34.8 Å². The molecule has 47 heavy (non-hydrogen) atoms. The van der Waals surface area contributed by atoms with Crippen LogP contribution in [-0.2, 0) is 28.9 Å². The van der Waals surface area contributed by atoms with Crippen LogP contribution < -0.4 is 16.0 Å². The molecule has 2 aromatic heterocycles. The summed E-state index contributed by atoms with van der Waals surface area (Å²) in [7, 11) is -3.95. The minimum atomic E-state index is -3.95. The van der Waals surface area contributed by atoms with E-state index in [0.717, 1.165) is 39.6 Å². The van der Waals surface area contributed by atoms with E-state index in [0.29, 0.717) is 25.8 Å². The first kappa shape index (κ1) is 32.8. The molecule has 17 heteroatoms. The van der Waals surface area contributed by atoms with Gasteiger partial charge in [-0.2, -0.15) is 5.10 Å². The number of sulfonamides is 1. The largest absolute Gasteiger partial charge is 0.321 e. The van der Waals surface area contributed by atoms with Crippen LogP contribution in [0.5, 0.6) is 0 Å². The zero-order valence-electron chi connectivity index (χ0n) is 24.3. The van der Waals surface area contributed by atoms with Gasteiger partial charge in [-0.05, 0) is 61.2 Å². The Morgan fingerprint density at radius 3 is 2.38 bits per heavy atom. The molecule has 1 aliphatic rings. The number of halogens is 7. The van der Waals surface area contributed by atoms with E-state index in [1.165, 1.54) is 12.1 Å². The fourth-order valence-corrected chi connectivity index (χ4v) is 6.98. The maximum absolute atomic E-state index is 14.2. The number of anilines is 1. The molecule has 0 saturated heterocycles. The molecule has 6 rings (SSSR count). The summed E-state index contributed by atoms with van der Waals surface area (Å²) in [5.74, 6) is -5.74. The maximum atomic E-state index is 14.2. The highest BCUT2D eigenvalue weighted by molar-refractivity contribution is 7.93. The predicted octanol–water partition coefficient (Wildman–Crippen LogP) is 6.19. The normalized spacial score (nSPS) is 14.8. The molecule has 0 bridgehead atoms. The number of nitrogens with zero attached hydrogens (tertiary/aromatic N) is 4. The molecule has 9 nitrogen and oxygen atoms in total. The number of aromatic nitrogens is 4. The van der Waals surface area contributed by atoms with Gasteiger partial charge in [0.2, 0.25) is 10.0 Å². The van der Waals surface area contributed by atoms with Gasteiger partial charge in [-0.25, -0.2) is 39.7 Å². The molecule has 248 valence electrons. The standard InChI is InChI=1S/C30H25ClF6N6O3S/c1-30(36,37)15-2-5-19-22(11-15)39-28(21(38)10-14-8-16(32)12-17(33)9-14)43(29(19)44)23-7-6-20(31)25-26(23)42(13-24(34)35)40-27(25)41-47(45,46)18-3-4-18/h2,5-9,11-12,18,21,24H,3-4,10,13,38H2,1H3,(H,40,41). The van der Waals surface area contributed by atoms with Crippen LogP contribution in [-0.4, -0.2) is 39.4 Å². The smallest absolute Gasteiger partial charge is 0.270 e. The van der Waals surface area contributed by atoms with Crippen LogP contribution >= 0.6 is 11.6 Å². The van der Waals surface area contributed by atoms with Gasteiger partial charge in [0.15, 0.2) is 5.82 Å². The highest BCUT2D eigenvalue weighted by Gasteiger charge is 2.37. The molecule has 1 unspecified atom stereocenters. The second kappa shape index (κ2) is 11.8. The summed E-state index contributed by atoms with van der Waals surface area (Å²) in [6, 6.07) is 7.10. The lowest BCUT2D eigenvalue weighted by atomic mass is 10.0. The molecule has 3 aromatic carbocycles. The average molecular weight is 699 g/mol. The van der Waals surface area contributed by atoms with Crippen molar-refractivity contribution in [1.29, 1.82) is 0 Å². The van der Waals surface area contributed by atoms with Crippen LogP contribution in [0.1, 0.15) is 42.8 Å². The Kier molecular flexibility index (Phi) is 8.25. The van der Waals surface area contributed by atoms with Gasteiger partial charge in [0.05, 0.1) is 43.8 Å². The lowest BCUT2D eigenvalue weighted by Crippen LogP contribution is -2.30. The van der Waals surface area contributed by atoms with Gasteiger partial charge in [-0.3, -0.25) is 18.8 Å². The summed E-state index contributed by atoms with van der Waals surface area (Å²) in [5.41, 5.74) is 4.75. The van der Waals surface area contributed by atoms with E-state index < -0.39 is 63.0 Å². The summed E-state index contributed by atoms with van der Waals surface area (Å²) in [4.78, 5) is 18.6. The monoisotopic (exact) mass is 698 g/mol. The molecular weight excluding hydrogens is 674 g/mol. The van der Waals surface area contributed by atoms with Crippen LogP contribution in [0.3, 0.4) is 0 Å². The second-order valence-corrected chi connectivity index (χ2v) is 13.7. The minimum Gasteiger partial charge on any atom is -0.321 e. The summed E-state index contributed by atoms with van der Waals surface area (Å²) in [6.45, 7) is -0.381. The third-order valence-corrected chi connectivity index (χ3v) is 9.83. The molecule has 5 aromatic rings. The van der Waals surface area contributed by atoms with Crippen LogP contribution in [0, 0.1) is 11.6 Å². The van der Waals surface area contributed by atoms with Gasteiger partial charge >= 0.3 is 0 Å². The first-order valence-corrected chi connectivity index (χ1v) is 16.1. The van der Waals surface area contributed by atoms with Crippen molar-refractivity contribution in [2.75, 3.05) is 4.72 Å². The topological polar surface area (TPSA) is 125 Å². The number of rotatable bonds is 10. The zero-order chi connectivity index (χ0) is 34.0. The van der Waals surface area contributed by atoms with Crippen LogP contribution in [0.2, 0.25) is 5.02 Å². The molecule has 3 N–H and O–H groups in total. The van der Waals surface area contributed by atoms with E-state index in [9.17, 15) is 39.6 Å². The molecule has 1 fully saturated rings. The van der Waals surface area contributed by atoms with Crippen molar-refractivity contribution in [3.63, 3.8) is 0 Å². The Morgan fingerprint density at radius 2 is 1.77 bits per heavy atom. The number of fused-ring (bicyclic) bond motifs is 2. The SMILES string of the molecule is CC(F)(F)c1ccc2c(=O)n(-c3ccc(Cl)c4c(NS(=O)(=O)C5CC5)nn(CC(F)F)c34)c(C(N)Cc3cc(F)cc(F)c3)nc2c1. The Bertz CT molecular complexity index is 2200. The van der Waals surface area contributed by atoms with Crippen LogP contribution in [0.25, 0.3) is 27.5 Å². The number of nitrogens with one attached hydrogen (secondary N) is 1. The molecule has 0 radical (unpaired) electrons. The molecule has 0 spiro atoms. The van der Waals surface area contributed by atoms with E-state index in [-0.39, 0.29) is 56.1 Å². The fraction of sp³-hybridized carbons (Fsp3) is 0.300. The van der Waals surface area contributed by atoms with Crippen molar-refractivity contribution in [3.8, 4) is 5.69 Å². The van der Waals surface area contributed by atoms with Gasteiger partial charge < -0.3 is 5.73 Å². The van der Waals surface area contributed by atoms with Gasteiger partial charge in [-0.15, -0.1) is 0 Å². The Hall–Kier alpha value is -4.15. The van der Waals surface area contributed by atoms with Crippen molar-refractivity contribution in [2.24, 2.45) is 5.73 Å². The molecular formula is C30H25ClF6N6O3S. The molecule has 2 heterocycles. The number of alkyl halides is 4. The quantitative estimate of drug-likeness (QED) is 0.168. The summed E-state index contributed by atoms with van der Waals surface area (Å²) >= 11 is 6.48. The van der Waals surface area contributed by atoms with Crippen molar-refractivity contribution in [3.05, 3.63) is 92.5 Å². The lowest BCUT2D eigenvalue weighted by Gasteiger charge is -2.21. The molecule has 1 atom stereocenters. The van der Waals surface area contributed by atoms with E-state index in [4.69, 9.17) is 17.3 Å². The number of benzene rings is 3. The average Bonchev–Trinajstić information content (AvgIpc) is 3.77. The second-order valence-electron chi connectivity index (χ2n) is 11.4. The molecule has 0 amide bonds. The van der Waals surface area contributed by atoms with E-state index in [2.05, 4.69) is 14.8 Å². The van der Waals surface area contributed by atoms with Gasteiger partial charge in [-0.1, -0.05) is 17.7 Å². The zero-order valence-corrected chi connectivity index (χ0v) is 25.9. The van der Waals surface area contributed by atoms with E-state index in [1.807, 2.05) is 0 Å². The predicted molar refractivity (Wildman–Crippen MR) is 164 cm³/mol. The molecule has 1 saturated carbocycles. The highest BCUT2D eigenvalue weighted by atomic mass is 35.5. The van der Waals surface area contributed by atoms with Crippen molar-refractivity contribution in [2.45, 2.75) is 56.4 Å². The summed E-state index contributed by atoms with van der Waals surface area (Å²) in [5, 5.41) is 3.05. The summed E-state index contributed by atoms with van der Waals surface area (Å²) < 4.78 is 114. The Labute approximate surface area is 268 Å². The molecule has 0 aliphatic heterocycles. The third-order valence-electron chi connectivity index (χ3n) is 7.69.